The van der Waals surface area contributed by atoms with Crippen LogP contribution in [-0.4, -0.2) is 0 Å². The van der Waals surface area contributed by atoms with Gasteiger partial charge in [0.2, 0.25) is 0 Å². The second kappa shape index (κ2) is 8.46. The first kappa shape index (κ1) is 19.2. The maximum atomic E-state index is 12.1. The summed E-state index contributed by atoms with van der Waals surface area (Å²) >= 11 is 0. The Kier molecular flexibility index (Phi) is 5.59. The summed E-state index contributed by atoms with van der Waals surface area (Å²) in [6, 6.07) is 26.7. The van der Waals surface area contributed by atoms with E-state index >= 15 is 0 Å². The minimum absolute atomic E-state index is 0.0361. The molecule has 0 fully saturated rings. The van der Waals surface area contributed by atoms with Crippen LogP contribution < -0.4 is 10.9 Å². The molecule has 0 radical (unpaired) electrons. The van der Waals surface area contributed by atoms with Crippen LogP contribution in [0.15, 0.2) is 88.1 Å². The molecule has 4 rings (SSSR count). The third-order valence-electron chi connectivity index (χ3n) is 5.34. The van der Waals surface area contributed by atoms with Gasteiger partial charge < -0.3 is 9.73 Å². The lowest BCUT2D eigenvalue weighted by molar-refractivity contribution is 0.552. The van der Waals surface area contributed by atoms with Gasteiger partial charge in [-0.05, 0) is 41.7 Å². The molecule has 0 aliphatic heterocycles. The fourth-order valence-electron chi connectivity index (χ4n) is 3.69. The molecule has 3 heteroatoms. The molecule has 3 nitrogen and oxygen atoms in total. The van der Waals surface area contributed by atoms with E-state index < -0.39 is 0 Å². The fourth-order valence-corrected chi connectivity index (χ4v) is 3.69. The van der Waals surface area contributed by atoms with Crippen LogP contribution >= 0.6 is 0 Å². The van der Waals surface area contributed by atoms with Gasteiger partial charge in [0, 0.05) is 18.0 Å². The van der Waals surface area contributed by atoms with Crippen molar-refractivity contribution in [2.45, 2.75) is 32.9 Å². The van der Waals surface area contributed by atoms with E-state index in [-0.39, 0.29) is 11.7 Å². The largest absolute Gasteiger partial charge is 0.423 e. The van der Waals surface area contributed by atoms with Crippen LogP contribution in [0.3, 0.4) is 0 Å². The van der Waals surface area contributed by atoms with Gasteiger partial charge in [-0.1, -0.05) is 79.2 Å². The number of aryl methyl sites for hydroxylation is 2. The molecule has 146 valence electrons. The smallest absolute Gasteiger partial charge is 0.336 e. The minimum atomic E-state index is -0.311. The van der Waals surface area contributed by atoms with Crippen LogP contribution in [0.1, 0.15) is 40.8 Å². The second-order valence-corrected chi connectivity index (χ2v) is 7.41. The lowest BCUT2D eigenvalue weighted by Gasteiger charge is -2.20. The molecule has 4 aromatic rings. The van der Waals surface area contributed by atoms with E-state index in [1.807, 2.05) is 12.1 Å². The predicted molar refractivity (Wildman–Crippen MR) is 118 cm³/mol. The first-order valence-corrected chi connectivity index (χ1v) is 10.0. The molecule has 0 saturated carbocycles. The van der Waals surface area contributed by atoms with Crippen LogP contribution in [0.5, 0.6) is 0 Å². The van der Waals surface area contributed by atoms with Gasteiger partial charge in [-0.3, -0.25) is 0 Å². The average molecular weight is 383 g/mol. The maximum absolute atomic E-state index is 12.1. The van der Waals surface area contributed by atoms with Crippen molar-refractivity contribution in [3.8, 4) is 0 Å². The standard InChI is InChI=1S/C26H25NO2/c1-3-19-11-14-23-22(16-25(28)29-24(23)15-19)17-27-26(20-7-5-4-6-8-20)21-12-9-18(2)10-13-21/h4-16,26-27H,3,17H2,1-2H3/t26-/m1/s1. The third-order valence-corrected chi connectivity index (χ3v) is 5.34. The monoisotopic (exact) mass is 383 g/mol. The van der Waals surface area contributed by atoms with Crippen LogP contribution in [0.4, 0.5) is 0 Å². The zero-order valence-corrected chi connectivity index (χ0v) is 16.8. The predicted octanol–water partition coefficient (Wildman–Crippen LogP) is 5.54. The molecule has 1 aromatic heterocycles. The molecular weight excluding hydrogens is 358 g/mol. The van der Waals surface area contributed by atoms with Crippen molar-refractivity contribution in [2.75, 3.05) is 0 Å². The van der Waals surface area contributed by atoms with E-state index in [0.29, 0.717) is 12.1 Å². The molecule has 29 heavy (non-hydrogen) atoms. The quantitative estimate of drug-likeness (QED) is 0.444. The van der Waals surface area contributed by atoms with Gasteiger partial charge in [0.15, 0.2) is 0 Å². The molecular formula is C26H25NO2. The number of benzene rings is 3. The fraction of sp³-hybridized carbons (Fsp3) is 0.192. The van der Waals surface area contributed by atoms with Gasteiger partial charge in [0.1, 0.15) is 5.58 Å². The molecule has 1 atom stereocenters. The summed E-state index contributed by atoms with van der Waals surface area (Å²) in [6.45, 7) is 4.76. The number of nitrogens with one attached hydrogen (secondary N) is 1. The number of hydrogen-bond acceptors (Lipinski definition) is 3. The van der Waals surface area contributed by atoms with Crippen LogP contribution in [-0.2, 0) is 13.0 Å². The average Bonchev–Trinajstić information content (AvgIpc) is 2.75. The molecule has 1 N–H and O–H groups in total. The molecule has 0 aliphatic rings. The number of rotatable bonds is 6. The van der Waals surface area contributed by atoms with Crippen LogP contribution in [0, 0.1) is 6.92 Å². The SMILES string of the molecule is CCc1ccc2c(CN[C@H](c3ccccc3)c3ccc(C)cc3)cc(=O)oc2c1. The van der Waals surface area contributed by atoms with Crippen molar-refractivity contribution in [1.29, 1.82) is 0 Å². The summed E-state index contributed by atoms with van der Waals surface area (Å²) < 4.78 is 5.45. The van der Waals surface area contributed by atoms with Gasteiger partial charge in [-0.15, -0.1) is 0 Å². The Balaban J connectivity index is 1.69. The zero-order valence-electron chi connectivity index (χ0n) is 16.8. The molecule has 0 saturated heterocycles. The van der Waals surface area contributed by atoms with Gasteiger partial charge in [0.25, 0.3) is 0 Å². The summed E-state index contributed by atoms with van der Waals surface area (Å²) in [4.78, 5) is 12.1. The normalized spacial score (nSPS) is 12.2. The zero-order chi connectivity index (χ0) is 20.2. The highest BCUT2D eigenvalue weighted by molar-refractivity contribution is 5.80. The van der Waals surface area contributed by atoms with E-state index in [4.69, 9.17) is 4.42 Å². The summed E-state index contributed by atoms with van der Waals surface area (Å²) in [5, 5.41) is 4.63. The second-order valence-electron chi connectivity index (χ2n) is 7.41. The number of hydrogen-bond donors (Lipinski definition) is 1. The molecule has 0 aliphatic carbocycles. The summed E-state index contributed by atoms with van der Waals surface area (Å²) in [5.74, 6) is 0. The maximum Gasteiger partial charge on any atom is 0.336 e. The summed E-state index contributed by atoms with van der Waals surface area (Å²) in [5.41, 5.74) is 6.08. The van der Waals surface area contributed by atoms with Crippen molar-refractivity contribution in [1.82, 2.24) is 5.32 Å². The lowest BCUT2D eigenvalue weighted by Crippen LogP contribution is -2.22. The van der Waals surface area contributed by atoms with E-state index in [9.17, 15) is 4.79 Å². The summed E-state index contributed by atoms with van der Waals surface area (Å²) in [7, 11) is 0. The van der Waals surface area contributed by atoms with Crippen LogP contribution in [0.25, 0.3) is 11.0 Å². The molecule has 0 bridgehead atoms. The Bertz CT molecular complexity index is 1160. The lowest BCUT2D eigenvalue weighted by atomic mass is 9.97. The highest BCUT2D eigenvalue weighted by Crippen LogP contribution is 2.25. The van der Waals surface area contributed by atoms with E-state index in [1.54, 1.807) is 6.07 Å². The first-order valence-electron chi connectivity index (χ1n) is 10.0. The van der Waals surface area contributed by atoms with Gasteiger partial charge in [0.05, 0.1) is 6.04 Å². The van der Waals surface area contributed by atoms with Gasteiger partial charge >= 0.3 is 5.63 Å². The Labute approximate surface area is 171 Å². The van der Waals surface area contributed by atoms with Crippen molar-refractivity contribution < 1.29 is 4.42 Å². The highest BCUT2D eigenvalue weighted by Gasteiger charge is 2.15. The van der Waals surface area contributed by atoms with Gasteiger partial charge in [-0.25, -0.2) is 4.79 Å². The molecule has 1 heterocycles. The minimum Gasteiger partial charge on any atom is -0.423 e. The molecule has 3 aromatic carbocycles. The number of fused-ring (bicyclic) bond motifs is 1. The van der Waals surface area contributed by atoms with Crippen molar-refractivity contribution in [2.24, 2.45) is 0 Å². The molecule has 0 spiro atoms. The van der Waals surface area contributed by atoms with E-state index in [2.05, 4.69) is 79.8 Å². The van der Waals surface area contributed by atoms with Gasteiger partial charge in [-0.2, -0.15) is 0 Å². The Morgan fingerprint density at radius 3 is 2.34 bits per heavy atom. The Hall–Kier alpha value is -3.17. The Morgan fingerprint density at radius 2 is 1.62 bits per heavy atom. The van der Waals surface area contributed by atoms with Crippen molar-refractivity contribution >= 4 is 11.0 Å². The molecule has 0 amide bonds. The highest BCUT2D eigenvalue weighted by atomic mass is 16.4. The van der Waals surface area contributed by atoms with E-state index in [0.717, 1.165) is 22.9 Å². The third kappa shape index (κ3) is 4.30. The first-order chi connectivity index (χ1) is 14.1. The Morgan fingerprint density at radius 1 is 0.897 bits per heavy atom. The van der Waals surface area contributed by atoms with Crippen molar-refractivity contribution in [3.63, 3.8) is 0 Å². The van der Waals surface area contributed by atoms with Crippen LogP contribution in [0.2, 0.25) is 0 Å². The van der Waals surface area contributed by atoms with Crippen molar-refractivity contribution in [3.05, 3.63) is 117 Å². The topological polar surface area (TPSA) is 42.2 Å². The van der Waals surface area contributed by atoms with E-state index in [1.165, 1.54) is 16.7 Å². The summed E-state index contributed by atoms with van der Waals surface area (Å²) in [6.07, 6.45) is 0.908. The molecule has 0 unspecified atom stereocenters.